The number of nitrogens with two attached hydrogens (primary N) is 1. The van der Waals surface area contributed by atoms with E-state index >= 15 is 0 Å². The van der Waals surface area contributed by atoms with Gasteiger partial charge in [-0.25, -0.2) is 0 Å². The number of nitrogen functional groups attached to an aromatic ring is 1. The van der Waals surface area contributed by atoms with E-state index < -0.39 is 0 Å². The zero-order chi connectivity index (χ0) is 8.27. The summed E-state index contributed by atoms with van der Waals surface area (Å²) >= 11 is 0. The van der Waals surface area contributed by atoms with Crippen LogP contribution < -0.4 is 5.73 Å². The number of phenolic OH excluding ortho intramolecular Hbond substituents is 1. The molecule has 1 aromatic rings. The fourth-order valence-electron chi connectivity index (χ4n) is 0.859. The normalized spacial score (nSPS) is 9.45. The molecule has 3 N–H and O–H groups in total. The lowest BCUT2D eigenvalue weighted by Gasteiger charge is -2.00. The Morgan fingerprint density at radius 3 is 2.91 bits per heavy atom. The van der Waals surface area contributed by atoms with Crippen molar-refractivity contribution in [1.29, 1.82) is 0 Å². The third-order valence-electron chi connectivity index (χ3n) is 1.41. The summed E-state index contributed by atoms with van der Waals surface area (Å²) in [6, 6.07) is 4.65. The number of benzene rings is 1. The fourth-order valence-corrected chi connectivity index (χ4v) is 0.859. The van der Waals surface area contributed by atoms with Crippen LogP contribution in [-0.4, -0.2) is 11.4 Å². The number of aromatic hydroxyl groups is 1. The van der Waals surface area contributed by atoms with E-state index in [-0.39, 0.29) is 12.2 Å². The number of hydrogen-bond donors (Lipinski definition) is 2. The predicted octanol–water partition coefficient (Wildman–Crippen LogP) is 0.716. The second-order valence-electron chi connectivity index (χ2n) is 2.26. The molecule has 0 spiro atoms. The van der Waals surface area contributed by atoms with Crippen LogP contribution >= 0.6 is 0 Å². The summed E-state index contributed by atoms with van der Waals surface area (Å²) in [6.45, 7) is 0. The second-order valence-corrected chi connectivity index (χ2v) is 2.26. The predicted molar refractivity (Wildman–Crippen MR) is 42.3 cm³/mol. The maximum atomic E-state index is 10.1. The minimum atomic E-state index is 0.117. The minimum absolute atomic E-state index is 0.117. The molecule has 0 saturated heterocycles. The van der Waals surface area contributed by atoms with Gasteiger partial charge in [-0.2, -0.15) is 0 Å². The molecule has 0 aliphatic carbocycles. The van der Waals surface area contributed by atoms with Crippen LogP contribution in [-0.2, 0) is 11.2 Å². The van der Waals surface area contributed by atoms with Crippen molar-refractivity contribution in [2.24, 2.45) is 0 Å². The Hall–Kier alpha value is -1.51. The van der Waals surface area contributed by atoms with E-state index in [1.165, 1.54) is 6.07 Å². The highest BCUT2D eigenvalue weighted by atomic mass is 16.3. The van der Waals surface area contributed by atoms with Gasteiger partial charge in [-0.1, -0.05) is 0 Å². The van der Waals surface area contributed by atoms with Crippen LogP contribution in [0.15, 0.2) is 18.2 Å². The molecule has 0 heterocycles. The number of hydrogen-bond acceptors (Lipinski definition) is 3. The number of rotatable bonds is 2. The number of carbonyl (C=O) groups excluding carboxylic acids is 1. The Morgan fingerprint density at radius 1 is 1.55 bits per heavy atom. The molecule has 1 rings (SSSR count). The smallest absolute Gasteiger partial charge is 0.124 e. The molecular weight excluding hydrogens is 142 g/mol. The van der Waals surface area contributed by atoms with Gasteiger partial charge in [-0.05, 0) is 18.2 Å². The van der Waals surface area contributed by atoms with Crippen molar-refractivity contribution >= 4 is 12.0 Å². The summed E-state index contributed by atoms with van der Waals surface area (Å²) in [5, 5.41) is 9.15. The molecule has 0 unspecified atom stereocenters. The summed E-state index contributed by atoms with van der Waals surface area (Å²) in [7, 11) is 0. The van der Waals surface area contributed by atoms with Crippen molar-refractivity contribution in [3.05, 3.63) is 23.8 Å². The molecule has 0 radical (unpaired) electrons. The molecule has 0 aromatic heterocycles. The first kappa shape index (κ1) is 7.60. The first-order valence-corrected chi connectivity index (χ1v) is 3.25. The summed E-state index contributed by atoms with van der Waals surface area (Å²) in [5.41, 5.74) is 6.56. The molecule has 58 valence electrons. The Morgan fingerprint density at radius 2 is 2.27 bits per heavy atom. The van der Waals surface area contributed by atoms with Crippen molar-refractivity contribution in [2.45, 2.75) is 6.42 Å². The number of anilines is 1. The minimum Gasteiger partial charge on any atom is -0.508 e. The van der Waals surface area contributed by atoms with Crippen molar-refractivity contribution in [2.75, 3.05) is 5.73 Å². The van der Waals surface area contributed by atoms with Gasteiger partial charge < -0.3 is 15.6 Å². The molecule has 3 nitrogen and oxygen atoms in total. The van der Waals surface area contributed by atoms with Crippen molar-refractivity contribution < 1.29 is 9.90 Å². The summed E-state index contributed by atoms with van der Waals surface area (Å²) in [4.78, 5) is 10.1. The van der Waals surface area contributed by atoms with Crippen LogP contribution in [0.1, 0.15) is 5.56 Å². The SMILES string of the molecule is Nc1ccc(O)c(CC=O)c1. The van der Waals surface area contributed by atoms with E-state index in [0.29, 0.717) is 11.3 Å². The second kappa shape index (κ2) is 3.05. The molecule has 0 aliphatic heterocycles. The third-order valence-corrected chi connectivity index (χ3v) is 1.41. The van der Waals surface area contributed by atoms with Crippen LogP contribution in [0.5, 0.6) is 5.75 Å². The quantitative estimate of drug-likeness (QED) is 0.372. The van der Waals surface area contributed by atoms with Gasteiger partial charge >= 0.3 is 0 Å². The molecule has 0 atom stereocenters. The molecule has 0 bridgehead atoms. The molecule has 0 saturated carbocycles. The third kappa shape index (κ3) is 1.70. The van der Waals surface area contributed by atoms with Gasteiger partial charge in [0, 0.05) is 17.7 Å². The highest BCUT2D eigenvalue weighted by molar-refractivity contribution is 5.59. The van der Waals surface area contributed by atoms with E-state index in [0.717, 1.165) is 6.29 Å². The van der Waals surface area contributed by atoms with Gasteiger partial charge in [-0.3, -0.25) is 0 Å². The van der Waals surface area contributed by atoms with E-state index in [2.05, 4.69) is 0 Å². The van der Waals surface area contributed by atoms with Crippen LogP contribution in [0, 0.1) is 0 Å². The van der Waals surface area contributed by atoms with Crippen LogP contribution in [0.4, 0.5) is 5.69 Å². The molecular formula is C8H9NO2. The lowest BCUT2D eigenvalue weighted by atomic mass is 10.1. The molecule has 11 heavy (non-hydrogen) atoms. The zero-order valence-corrected chi connectivity index (χ0v) is 5.95. The molecule has 3 heteroatoms. The van der Waals surface area contributed by atoms with E-state index in [9.17, 15) is 4.79 Å². The molecule has 0 aliphatic rings. The first-order valence-electron chi connectivity index (χ1n) is 3.25. The first-order chi connectivity index (χ1) is 5.24. The maximum absolute atomic E-state index is 10.1. The van der Waals surface area contributed by atoms with Gasteiger partial charge in [-0.15, -0.1) is 0 Å². The van der Waals surface area contributed by atoms with Crippen LogP contribution in [0.2, 0.25) is 0 Å². The van der Waals surface area contributed by atoms with Gasteiger partial charge in [0.05, 0.1) is 0 Å². The van der Waals surface area contributed by atoms with Gasteiger partial charge in [0.25, 0.3) is 0 Å². The maximum Gasteiger partial charge on any atom is 0.124 e. The van der Waals surface area contributed by atoms with E-state index in [1.807, 2.05) is 0 Å². The molecule has 1 aromatic carbocycles. The van der Waals surface area contributed by atoms with Gasteiger partial charge in [0.2, 0.25) is 0 Å². The zero-order valence-electron chi connectivity index (χ0n) is 5.95. The van der Waals surface area contributed by atoms with E-state index in [4.69, 9.17) is 10.8 Å². The van der Waals surface area contributed by atoms with Gasteiger partial charge in [0.15, 0.2) is 0 Å². The summed E-state index contributed by atoms with van der Waals surface area (Å²) in [6.07, 6.45) is 0.936. The summed E-state index contributed by atoms with van der Waals surface area (Å²) in [5.74, 6) is 0.117. The van der Waals surface area contributed by atoms with Crippen LogP contribution in [0.25, 0.3) is 0 Å². The highest BCUT2D eigenvalue weighted by Crippen LogP contribution is 2.19. The number of aldehydes is 1. The van der Waals surface area contributed by atoms with Crippen molar-refractivity contribution in [1.82, 2.24) is 0 Å². The average molecular weight is 151 g/mol. The lowest BCUT2D eigenvalue weighted by Crippen LogP contribution is -1.90. The van der Waals surface area contributed by atoms with Crippen molar-refractivity contribution in [3.8, 4) is 5.75 Å². The van der Waals surface area contributed by atoms with Crippen LogP contribution in [0.3, 0.4) is 0 Å². The highest BCUT2D eigenvalue weighted by Gasteiger charge is 1.99. The fraction of sp³-hybridized carbons (Fsp3) is 0.125. The average Bonchev–Trinajstić information content (AvgIpc) is 1.98. The van der Waals surface area contributed by atoms with Crippen molar-refractivity contribution in [3.63, 3.8) is 0 Å². The van der Waals surface area contributed by atoms with Gasteiger partial charge in [0.1, 0.15) is 12.0 Å². The Balaban J connectivity index is 3.01. The number of carbonyl (C=O) groups is 1. The standard InChI is InChI=1S/C8H9NO2/c9-7-1-2-8(11)6(5-7)3-4-10/h1-2,4-5,11H,3,9H2. The Bertz CT molecular complexity index is 271. The topological polar surface area (TPSA) is 63.3 Å². The lowest BCUT2D eigenvalue weighted by molar-refractivity contribution is -0.107. The monoisotopic (exact) mass is 151 g/mol. The molecule has 0 amide bonds. The molecule has 0 fully saturated rings. The van der Waals surface area contributed by atoms with E-state index in [1.54, 1.807) is 12.1 Å². The Labute approximate surface area is 64.5 Å². The number of phenols is 1. The largest absolute Gasteiger partial charge is 0.508 e. The summed E-state index contributed by atoms with van der Waals surface area (Å²) < 4.78 is 0. The Kier molecular flexibility index (Phi) is 2.11.